The monoisotopic (exact) mass is 408 g/mol. The second-order valence-corrected chi connectivity index (χ2v) is 8.34. The van der Waals surface area contributed by atoms with Gasteiger partial charge in [-0.2, -0.15) is 0 Å². The van der Waals surface area contributed by atoms with Gasteiger partial charge < -0.3 is 14.4 Å². The highest BCUT2D eigenvalue weighted by atomic mass is 16.5. The first kappa shape index (κ1) is 21.9. The average Bonchev–Trinajstić information content (AvgIpc) is 2.72. The largest absolute Gasteiger partial charge is 0.496 e. The molecule has 3 rings (SSSR count). The quantitative estimate of drug-likeness (QED) is 0.452. The maximum atomic E-state index is 11.8. The van der Waals surface area contributed by atoms with E-state index in [0.29, 0.717) is 18.1 Å². The summed E-state index contributed by atoms with van der Waals surface area (Å²) in [5.74, 6) is 0.950. The van der Waals surface area contributed by atoms with Crippen LogP contribution in [0.4, 0.5) is 11.4 Å². The number of hydrogen-bond donors (Lipinski definition) is 0. The number of carbonyl (C=O) groups excluding carboxylic acids is 1. The molecule has 1 atom stereocenters. The number of methoxy groups -OCH3 is 1. The maximum absolute atomic E-state index is 11.8. The third-order valence-corrected chi connectivity index (χ3v) is 5.78. The Morgan fingerprint density at radius 2 is 1.93 bits per heavy atom. The third-order valence-electron chi connectivity index (χ3n) is 5.78. The van der Waals surface area contributed by atoms with Crippen LogP contribution < -0.4 is 9.64 Å². The first-order chi connectivity index (χ1) is 14.3. The first-order valence-electron chi connectivity index (χ1n) is 10.6. The number of benzene rings is 2. The Balaban J connectivity index is 1.92. The van der Waals surface area contributed by atoms with Gasteiger partial charge in [0, 0.05) is 35.6 Å². The highest BCUT2D eigenvalue weighted by Gasteiger charge is 2.36. The summed E-state index contributed by atoms with van der Waals surface area (Å²) in [5, 5.41) is 0. The molecule has 0 saturated heterocycles. The van der Waals surface area contributed by atoms with E-state index in [-0.39, 0.29) is 11.5 Å². The van der Waals surface area contributed by atoms with Gasteiger partial charge in [-0.1, -0.05) is 6.92 Å². The minimum Gasteiger partial charge on any atom is -0.496 e. The normalized spacial score (nSPS) is 17.7. The molecule has 0 amide bonds. The van der Waals surface area contributed by atoms with E-state index < -0.39 is 0 Å². The molecule has 1 aliphatic rings. The van der Waals surface area contributed by atoms with Crippen molar-refractivity contribution in [2.75, 3.05) is 25.2 Å². The fourth-order valence-electron chi connectivity index (χ4n) is 4.45. The standard InChI is InChI=1S/C25H32N2O3/c1-7-27-22-14-23(29-6)19(13-21(22)17(3)15-25(27,4)5)16-26-20-11-9-18(10-12-20)24(28)30-8-2/h9-14,16-17H,7-8,15H2,1-6H3. The van der Waals surface area contributed by atoms with Crippen LogP contribution >= 0.6 is 0 Å². The topological polar surface area (TPSA) is 51.1 Å². The molecule has 0 spiro atoms. The van der Waals surface area contributed by atoms with Crippen LogP contribution in [0.15, 0.2) is 41.4 Å². The molecule has 1 unspecified atom stereocenters. The molecule has 0 N–H and O–H groups in total. The highest BCUT2D eigenvalue weighted by molar-refractivity contribution is 5.90. The number of anilines is 1. The molecule has 2 aromatic rings. The summed E-state index contributed by atoms with van der Waals surface area (Å²) in [6.45, 7) is 12.2. The van der Waals surface area contributed by atoms with Gasteiger partial charge in [-0.05, 0) is 75.9 Å². The maximum Gasteiger partial charge on any atom is 0.338 e. The van der Waals surface area contributed by atoms with Gasteiger partial charge in [-0.25, -0.2) is 4.79 Å². The van der Waals surface area contributed by atoms with E-state index in [1.54, 1.807) is 26.2 Å². The fraction of sp³-hybridized carbons (Fsp3) is 0.440. The van der Waals surface area contributed by atoms with Crippen LogP contribution in [0.5, 0.6) is 5.75 Å². The summed E-state index contributed by atoms with van der Waals surface area (Å²) in [6.07, 6.45) is 2.94. The molecule has 0 aliphatic carbocycles. The molecular formula is C25H32N2O3. The molecule has 1 heterocycles. The molecule has 2 aromatic carbocycles. The molecule has 0 saturated carbocycles. The SMILES string of the molecule is CCOC(=O)c1ccc(N=Cc2cc3c(cc2OC)N(CC)C(C)(C)CC3C)cc1. The molecule has 1 aliphatic heterocycles. The van der Waals surface area contributed by atoms with E-state index in [4.69, 9.17) is 9.47 Å². The number of esters is 1. The van der Waals surface area contributed by atoms with Crippen LogP contribution in [-0.4, -0.2) is 38.0 Å². The number of nitrogens with zero attached hydrogens (tertiary/aromatic N) is 2. The predicted molar refractivity (Wildman–Crippen MR) is 123 cm³/mol. The van der Waals surface area contributed by atoms with Gasteiger partial charge in [0.15, 0.2) is 0 Å². The number of fused-ring (bicyclic) bond motifs is 1. The Labute approximate surface area is 179 Å². The van der Waals surface area contributed by atoms with Crippen molar-refractivity contribution in [2.24, 2.45) is 4.99 Å². The molecule has 0 aromatic heterocycles. The second kappa shape index (κ2) is 8.90. The number of aliphatic imine (C=N–C) groups is 1. The smallest absolute Gasteiger partial charge is 0.338 e. The van der Waals surface area contributed by atoms with Crippen molar-refractivity contribution in [1.29, 1.82) is 0 Å². The lowest BCUT2D eigenvalue weighted by molar-refractivity contribution is 0.0526. The zero-order valence-corrected chi connectivity index (χ0v) is 18.9. The lowest BCUT2D eigenvalue weighted by Gasteiger charge is -2.47. The summed E-state index contributed by atoms with van der Waals surface area (Å²) in [4.78, 5) is 18.9. The van der Waals surface area contributed by atoms with Crippen molar-refractivity contribution in [2.45, 2.75) is 52.5 Å². The van der Waals surface area contributed by atoms with E-state index >= 15 is 0 Å². The molecular weight excluding hydrogens is 376 g/mol. The highest BCUT2D eigenvalue weighted by Crippen LogP contribution is 2.45. The molecule has 0 bridgehead atoms. The van der Waals surface area contributed by atoms with Gasteiger partial charge in [-0.15, -0.1) is 0 Å². The van der Waals surface area contributed by atoms with Crippen LogP contribution in [0.1, 0.15) is 68.4 Å². The minimum absolute atomic E-state index is 0.114. The van der Waals surface area contributed by atoms with Crippen LogP contribution in [0.3, 0.4) is 0 Å². The molecule has 0 radical (unpaired) electrons. The van der Waals surface area contributed by atoms with Gasteiger partial charge in [0.2, 0.25) is 0 Å². The van der Waals surface area contributed by atoms with Crippen molar-refractivity contribution in [3.8, 4) is 5.75 Å². The summed E-state index contributed by atoms with van der Waals surface area (Å²) in [6, 6.07) is 11.4. The van der Waals surface area contributed by atoms with Gasteiger partial charge in [0.05, 0.1) is 25.0 Å². The zero-order chi connectivity index (χ0) is 21.9. The van der Waals surface area contributed by atoms with Crippen LogP contribution in [0.2, 0.25) is 0 Å². The summed E-state index contributed by atoms with van der Waals surface area (Å²) >= 11 is 0. The van der Waals surface area contributed by atoms with Gasteiger partial charge in [0.25, 0.3) is 0 Å². The predicted octanol–water partition coefficient (Wildman–Crippen LogP) is 5.73. The lowest BCUT2D eigenvalue weighted by Crippen LogP contribution is -2.48. The van der Waals surface area contributed by atoms with Gasteiger partial charge in [0.1, 0.15) is 5.75 Å². The Morgan fingerprint density at radius 3 is 2.53 bits per heavy atom. The van der Waals surface area contributed by atoms with Gasteiger partial charge in [-0.3, -0.25) is 4.99 Å². The number of ether oxygens (including phenoxy) is 2. The lowest BCUT2D eigenvalue weighted by atomic mass is 9.79. The van der Waals surface area contributed by atoms with E-state index in [0.717, 1.165) is 30.0 Å². The van der Waals surface area contributed by atoms with Crippen LogP contribution in [-0.2, 0) is 4.74 Å². The molecule has 0 fully saturated rings. The molecule has 160 valence electrons. The number of carbonyl (C=O) groups is 1. The Bertz CT molecular complexity index is 932. The van der Waals surface area contributed by atoms with Crippen LogP contribution in [0.25, 0.3) is 0 Å². The minimum atomic E-state index is -0.318. The zero-order valence-electron chi connectivity index (χ0n) is 18.9. The first-order valence-corrected chi connectivity index (χ1v) is 10.6. The Hall–Kier alpha value is -2.82. The third kappa shape index (κ3) is 4.35. The van der Waals surface area contributed by atoms with Crippen molar-refractivity contribution >= 4 is 23.6 Å². The van der Waals surface area contributed by atoms with E-state index in [1.165, 1.54) is 11.3 Å². The van der Waals surface area contributed by atoms with Crippen molar-refractivity contribution < 1.29 is 14.3 Å². The van der Waals surface area contributed by atoms with E-state index in [9.17, 15) is 4.79 Å². The van der Waals surface area contributed by atoms with Crippen molar-refractivity contribution in [3.05, 3.63) is 53.1 Å². The Morgan fingerprint density at radius 1 is 1.23 bits per heavy atom. The molecule has 30 heavy (non-hydrogen) atoms. The molecule has 5 nitrogen and oxygen atoms in total. The van der Waals surface area contributed by atoms with Crippen molar-refractivity contribution in [1.82, 2.24) is 0 Å². The van der Waals surface area contributed by atoms with Crippen molar-refractivity contribution in [3.63, 3.8) is 0 Å². The fourth-order valence-corrected chi connectivity index (χ4v) is 4.45. The Kier molecular flexibility index (Phi) is 6.49. The summed E-state index contributed by atoms with van der Waals surface area (Å²) < 4.78 is 10.7. The summed E-state index contributed by atoms with van der Waals surface area (Å²) in [7, 11) is 1.70. The second-order valence-electron chi connectivity index (χ2n) is 8.34. The van der Waals surface area contributed by atoms with E-state index in [1.807, 2.05) is 18.3 Å². The number of hydrogen-bond acceptors (Lipinski definition) is 5. The van der Waals surface area contributed by atoms with Crippen LogP contribution in [0, 0.1) is 0 Å². The average molecular weight is 409 g/mol. The van der Waals surface area contributed by atoms with Gasteiger partial charge >= 0.3 is 5.97 Å². The molecule has 5 heteroatoms. The summed E-state index contributed by atoms with van der Waals surface area (Å²) in [5.41, 5.74) is 4.94. The number of rotatable bonds is 6. The van der Waals surface area contributed by atoms with E-state index in [2.05, 4.69) is 49.7 Å².